The molecule has 0 aliphatic heterocycles. The summed E-state index contributed by atoms with van der Waals surface area (Å²) in [4.78, 5) is 4.24. The maximum Gasteiger partial charge on any atom is 0.126 e. The van der Waals surface area contributed by atoms with Gasteiger partial charge >= 0.3 is 0 Å². The summed E-state index contributed by atoms with van der Waals surface area (Å²) < 4.78 is 26.6. The quantitative estimate of drug-likeness (QED) is 0.894. The molecule has 1 aromatic heterocycles. The van der Waals surface area contributed by atoms with Crippen LogP contribution in [0.4, 0.5) is 8.78 Å². The van der Waals surface area contributed by atoms with Gasteiger partial charge in [-0.15, -0.1) is 0 Å². The van der Waals surface area contributed by atoms with Crippen molar-refractivity contribution in [3.05, 3.63) is 65.5 Å². The first kappa shape index (κ1) is 13.6. The Labute approximate surface area is 111 Å². The molecule has 0 bridgehead atoms. The standard InChI is InChI=1S/C15H16F2N2/c1-2-18-15(10-14-5-3-4-6-19-14)11-7-12(16)9-13(17)8-11/h3-9,15,18H,2,10H2,1H3. The van der Waals surface area contributed by atoms with E-state index in [9.17, 15) is 8.78 Å². The van der Waals surface area contributed by atoms with E-state index in [1.807, 2.05) is 25.1 Å². The van der Waals surface area contributed by atoms with Crippen LogP contribution in [0, 0.1) is 11.6 Å². The SMILES string of the molecule is CCNC(Cc1ccccn1)c1cc(F)cc(F)c1. The van der Waals surface area contributed by atoms with Crippen LogP contribution in [-0.2, 0) is 6.42 Å². The van der Waals surface area contributed by atoms with Crippen molar-refractivity contribution in [1.29, 1.82) is 0 Å². The van der Waals surface area contributed by atoms with E-state index in [0.29, 0.717) is 12.0 Å². The van der Waals surface area contributed by atoms with Crippen molar-refractivity contribution in [3.63, 3.8) is 0 Å². The van der Waals surface area contributed by atoms with Gasteiger partial charge in [-0.3, -0.25) is 4.98 Å². The number of aromatic nitrogens is 1. The molecule has 0 saturated heterocycles. The first-order valence-corrected chi connectivity index (χ1v) is 6.28. The van der Waals surface area contributed by atoms with Crippen LogP contribution in [0.2, 0.25) is 0 Å². The molecule has 1 heterocycles. The number of hydrogen-bond acceptors (Lipinski definition) is 2. The molecule has 2 aromatic rings. The molecule has 0 aliphatic carbocycles. The number of nitrogens with zero attached hydrogens (tertiary/aromatic N) is 1. The minimum absolute atomic E-state index is 0.148. The summed E-state index contributed by atoms with van der Waals surface area (Å²) in [6.07, 6.45) is 2.31. The number of benzene rings is 1. The van der Waals surface area contributed by atoms with E-state index in [2.05, 4.69) is 10.3 Å². The van der Waals surface area contributed by atoms with Crippen molar-refractivity contribution in [3.8, 4) is 0 Å². The Bertz CT molecular complexity index is 509. The zero-order chi connectivity index (χ0) is 13.7. The summed E-state index contributed by atoms with van der Waals surface area (Å²) in [5.74, 6) is -1.11. The zero-order valence-corrected chi connectivity index (χ0v) is 10.7. The molecule has 1 N–H and O–H groups in total. The van der Waals surface area contributed by atoms with Crippen LogP contribution in [0.3, 0.4) is 0 Å². The summed E-state index contributed by atoms with van der Waals surface area (Å²) >= 11 is 0. The second-order valence-electron chi connectivity index (χ2n) is 4.34. The Hall–Kier alpha value is -1.81. The second kappa shape index (κ2) is 6.38. The lowest BCUT2D eigenvalue weighted by molar-refractivity contribution is 0.525. The van der Waals surface area contributed by atoms with Crippen LogP contribution in [0.25, 0.3) is 0 Å². The molecule has 1 aromatic carbocycles. The molecule has 4 heteroatoms. The second-order valence-corrected chi connectivity index (χ2v) is 4.34. The molecule has 2 nitrogen and oxygen atoms in total. The summed E-state index contributed by atoms with van der Waals surface area (Å²) in [6.45, 7) is 2.68. The molecule has 0 radical (unpaired) electrons. The average molecular weight is 262 g/mol. The van der Waals surface area contributed by atoms with Gasteiger partial charge in [0.25, 0.3) is 0 Å². The molecule has 1 unspecified atom stereocenters. The Morgan fingerprint density at radius 2 is 1.89 bits per heavy atom. The van der Waals surface area contributed by atoms with E-state index in [-0.39, 0.29) is 6.04 Å². The van der Waals surface area contributed by atoms with E-state index in [1.165, 1.54) is 12.1 Å². The predicted molar refractivity (Wildman–Crippen MR) is 70.7 cm³/mol. The average Bonchev–Trinajstić information content (AvgIpc) is 2.38. The molecule has 0 aliphatic rings. The fraction of sp³-hybridized carbons (Fsp3) is 0.267. The Morgan fingerprint density at radius 1 is 1.16 bits per heavy atom. The van der Waals surface area contributed by atoms with Crippen molar-refractivity contribution in [2.45, 2.75) is 19.4 Å². The molecule has 0 spiro atoms. The van der Waals surface area contributed by atoms with Gasteiger partial charge in [-0.05, 0) is 36.4 Å². The number of nitrogens with one attached hydrogen (secondary N) is 1. The highest BCUT2D eigenvalue weighted by Gasteiger charge is 2.14. The normalized spacial score (nSPS) is 12.4. The van der Waals surface area contributed by atoms with Gasteiger partial charge in [0.15, 0.2) is 0 Å². The predicted octanol–water partition coefficient (Wildman–Crippen LogP) is 3.25. The third-order valence-corrected chi connectivity index (χ3v) is 2.88. The summed E-state index contributed by atoms with van der Waals surface area (Å²) in [6, 6.07) is 9.10. The summed E-state index contributed by atoms with van der Waals surface area (Å²) in [5, 5.41) is 3.23. The fourth-order valence-corrected chi connectivity index (χ4v) is 2.06. The van der Waals surface area contributed by atoms with Gasteiger partial charge in [0.2, 0.25) is 0 Å². The summed E-state index contributed by atoms with van der Waals surface area (Å²) in [5.41, 5.74) is 1.49. The van der Waals surface area contributed by atoms with Crippen LogP contribution >= 0.6 is 0 Å². The van der Waals surface area contributed by atoms with Crippen LogP contribution in [0.5, 0.6) is 0 Å². The van der Waals surface area contributed by atoms with Crippen molar-refractivity contribution in [2.75, 3.05) is 6.54 Å². The lowest BCUT2D eigenvalue weighted by Crippen LogP contribution is -2.23. The molecular formula is C15H16F2N2. The van der Waals surface area contributed by atoms with Gasteiger partial charge in [0, 0.05) is 30.4 Å². The lowest BCUT2D eigenvalue weighted by atomic mass is 10.0. The van der Waals surface area contributed by atoms with Gasteiger partial charge in [-0.1, -0.05) is 13.0 Å². The van der Waals surface area contributed by atoms with Crippen molar-refractivity contribution in [2.24, 2.45) is 0 Å². The van der Waals surface area contributed by atoms with Gasteiger partial charge in [0.05, 0.1) is 0 Å². The third kappa shape index (κ3) is 3.83. The van der Waals surface area contributed by atoms with Crippen LogP contribution in [-0.4, -0.2) is 11.5 Å². The number of halogens is 2. The van der Waals surface area contributed by atoms with Gasteiger partial charge in [-0.25, -0.2) is 8.78 Å². The first-order chi connectivity index (χ1) is 9.19. The highest BCUT2D eigenvalue weighted by Crippen LogP contribution is 2.19. The Balaban J connectivity index is 2.24. The van der Waals surface area contributed by atoms with Crippen LogP contribution in [0.15, 0.2) is 42.6 Å². The zero-order valence-electron chi connectivity index (χ0n) is 10.7. The molecule has 2 rings (SSSR count). The largest absolute Gasteiger partial charge is 0.310 e. The molecular weight excluding hydrogens is 246 g/mol. The molecule has 0 amide bonds. The van der Waals surface area contributed by atoms with Gasteiger partial charge in [-0.2, -0.15) is 0 Å². The molecule has 0 fully saturated rings. The minimum atomic E-state index is -0.557. The molecule has 1 atom stereocenters. The highest BCUT2D eigenvalue weighted by molar-refractivity contribution is 5.23. The van der Waals surface area contributed by atoms with Gasteiger partial charge in [0.1, 0.15) is 11.6 Å². The first-order valence-electron chi connectivity index (χ1n) is 6.28. The third-order valence-electron chi connectivity index (χ3n) is 2.88. The van der Waals surface area contributed by atoms with Crippen LogP contribution in [0.1, 0.15) is 24.2 Å². The monoisotopic (exact) mass is 262 g/mol. The number of rotatable bonds is 5. The van der Waals surface area contributed by atoms with E-state index in [0.717, 1.165) is 18.3 Å². The summed E-state index contributed by atoms with van der Waals surface area (Å²) in [7, 11) is 0. The van der Waals surface area contributed by atoms with Crippen molar-refractivity contribution < 1.29 is 8.78 Å². The molecule has 100 valence electrons. The van der Waals surface area contributed by atoms with Crippen molar-refractivity contribution in [1.82, 2.24) is 10.3 Å². The highest BCUT2D eigenvalue weighted by atomic mass is 19.1. The van der Waals surface area contributed by atoms with E-state index < -0.39 is 11.6 Å². The van der Waals surface area contributed by atoms with E-state index >= 15 is 0 Å². The maximum absolute atomic E-state index is 13.3. The molecule has 0 saturated carbocycles. The van der Waals surface area contributed by atoms with E-state index in [1.54, 1.807) is 6.20 Å². The smallest absolute Gasteiger partial charge is 0.126 e. The molecule has 19 heavy (non-hydrogen) atoms. The van der Waals surface area contributed by atoms with Crippen LogP contribution < -0.4 is 5.32 Å². The Kier molecular flexibility index (Phi) is 4.58. The number of likely N-dealkylation sites (N-methyl/N-ethyl adjacent to an activating group) is 1. The maximum atomic E-state index is 13.3. The van der Waals surface area contributed by atoms with Gasteiger partial charge < -0.3 is 5.32 Å². The Morgan fingerprint density at radius 3 is 2.47 bits per heavy atom. The topological polar surface area (TPSA) is 24.9 Å². The fourth-order valence-electron chi connectivity index (χ4n) is 2.06. The lowest BCUT2D eigenvalue weighted by Gasteiger charge is -2.18. The van der Waals surface area contributed by atoms with E-state index in [4.69, 9.17) is 0 Å². The minimum Gasteiger partial charge on any atom is -0.310 e. The van der Waals surface area contributed by atoms with Crippen molar-refractivity contribution >= 4 is 0 Å². The number of hydrogen-bond donors (Lipinski definition) is 1. The number of pyridine rings is 1.